The number of nitrogens with zero attached hydrogens (tertiary/aromatic N) is 4. The molecule has 12 heteroatoms. The van der Waals surface area contributed by atoms with Crippen LogP contribution in [0.15, 0.2) is 56.7 Å². The monoisotopic (exact) mass is 462 g/mol. The first kappa shape index (κ1) is 22.6. The minimum atomic E-state index is -1.33. The lowest BCUT2D eigenvalue weighted by molar-refractivity contribution is 0.0115. The molecule has 2 aliphatic heterocycles. The van der Waals surface area contributed by atoms with Gasteiger partial charge in [-0.15, -0.1) is 5.10 Å². The van der Waals surface area contributed by atoms with Crippen LogP contribution in [-0.2, 0) is 11.8 Å². The van der Waals surface area contributed by atoms with Crippen LogP contribution in [0.5, 0.6) is 0 Å². The maximum absolute atomic E-state index is 14.0. The van der Waals surface area contributed by atoms with Crippen LogP contribution in [-0.4, -0.2) is 64.9 Å². The van der Waals surface area contributed by atoms with E-state index in [1.54, 1.807) is 36.3 Å². The average molecular weight is 462 g/mol. The predicted molar refractivity (Wildman–Crippen MR) is 115 cm³/mol. The molecule has 1 aromatic heterocycles. The van der Waals surface area contributed by atoms with Crippen LogP contribution in [0.1, 0.15) is 5.89 Å². The molecule has 176 valence electrons. The van der Waals surface area contributed by atoms with E-state index in [2.05, 4.69) is 15.7 Å². The minimum absolute atomic E-state index is 0.172. The van der Waals surface area contributed by atoms with Crippen LogP contribution < -0.4 is 16.4 Å². The second-order valence-electron chi connectivity index (χ2n) is 7.59. The van der Waals surface area contributed by atoms with Crippen LogP contribution in [0.3, 0.4) is 0 Å². The van der Waals surface area contributed by atoms with Crippen molar-refractivity contribution in [3.63, 3.8) is 0 Å². The average Bonchev–Trinajstić information content (AvgIpc) is 3.29. The van der Waals surface area contributed by atoms with Gasteiger partial charge in [-0.25, -0.2) is 18.6 Å². The van der Waals surface area contributed by atoms with E-state index in [1.807, 2.05) is 0 Å². The number of para-hydroxylation sites is 1. The number of hydrazine groups is 1. The Kier molecular flexibility index (Phi) is 5.95. The van der Waals surface area contributed by atoms with Crippen molar-refractivity contribution in [1.82, 2.24) is 25.1 Å². The normalized spacial score (nSPS) is 19.8. The number of halogens is 2. The number of nitrogens with one attached hydrogen (secondary N) is 2. The smallest absolute Gasteiger partial charge is 0.437 e. The summed E-state index contributed by atoms with van der Waals surface area (Å²) >= 11 is 0. The SMILES string of the molecule is COC1=C(C2=CC(C(O)Nc3c(F)cccc3F)N(C)N2C)C=C(c2nn(C)c(=O)o2)CN1. The number of hydrogen-bond acceptors (Lipinski definition) is 9. The molecule has 1 aromatic carbocycles. The second-order valence-corrected chi connectivity index (χ2v) is 7.59. The van der Waals surface area contributed by atoms with Crippen LogP contribution in [0.25, 0.3) is 5.57 Å². The van der Waals surface area contributed by atoms with E-state index in [0.29, 0.717) is 29.3 Å². The number of aliphatic hydroxyl groups excluding tert-OH is 1. The molecular formula is C21H24F2N6O4. The van der Waals surface area contributed by atoms with Gasteiger partial charge in [0.05, 0.1) is 24.4 Å². The molecular weight excluding hydrogens is 438 g/mol. The summed E-state index contributed by atoms with van der Waals surface area (Å²) in [6.07, 6.45) is 2.18. The fourth-order valence-electron chi connectivity index (χ4n) is 3.72. The zero-order valence-electron chi connectivity index (χ0n) is 18.5. The Morgan fingerprint density at radius 3 is 2.61 bits per heavy atom. The van der Waals surface area contributed by atoms with Gasteiger partial charge in [0.2, 0.25) is 5.89 Å². The number of likely N-dealkylation sites (N-methyl/N-ethyl adjacent to an activating group) is 2. The van der Waals surface area contributed by atoms with E-state index in [1.165, 1.54) is 20.2 Å². The lowest BCUT2D eigenvalue weighted by Crippen LogP contribution is -2.46. The molecule has 3 heterocycles. The van der Waals surface area contributed by atoms with Gasteiger partial charge < -0.3 is 29.9 Å². The van der Waals surface area contributed by atoms with Gasteiger partial charge in [0, 0.05) is 33.3 Å². The minimum Gasteiger partial charge on any atom is -0.482 e. The van der Waals surface area contributed by atoms with Crippen molar-refractivity contribution in [1.29, 1.82) is 0 Å². The summed E-state index contributed by atoms with van der Waals surface area (Å²) in [5.41, 5.74) is 1.48. The number of aromatic nitrogens is 2. The number of allylic oxidation sites excluding steroid dienone is 1. The van der Waals surface area contributed by atoms with E-state index in [-0.39, 0.29) is 5.89 Å². The largest absolute Gasteiger partial charge is 0.482 e. The maximum atomic E-state index is 14.0. The molecule has 0 fully saturated rings. The fraction of sp³-hybridized carbons (Fsp3) is 0.333. The molecule has 3 N–H and O–H groups in total. The van der Waals surface area contributed by atoms with Crippen LogP contribution in [0, 0.1) is 11.6 Å². The molecule has 2 atom stereocenters. The Bertz CT molecular complexity index is 1200. The molecule has 2 aromatic rings. The Morgan fingerprint density at radius 2 is 2.00 bits per heavy atom. The highest BCUT2D eigenvalue weighted by atomic mass is 19.1. The van der Waals surface area contributed by atoms with E-state index >= 15 is 0 Å². The molecule has 2 unspecified atom stereocenters. The van der Waals surface area contributed by atoms with E-state index in [0.717, 1.165) is 16.8 Å². The maximum Gasteiger partial charge on any atom is 0.437 e. The second kappa shape index (κ2) is 8.71. The number of methoxy groups -OCH3 is 1. The van der Waals surface area contributed by atoms with Gasteiger partial charge in [-0.3, -0.25) is 0 Å². The van der Waals surface area contributed by atoms with Crippen molar-refractivity contribution in [3.8, 4) is 0 Å². The summed E-state index contributed by atoms with van der Waals surface area (Å²) in [6, 6.07) is 2.80. The molecule has 4 rings (SSSR count). The molecule has 0 saturated carbocycles. The summed E-state index contributed by atoms with van der Waals surface area (Å²) in [4.78, 5) is 11.7. The lowest BCUT2D eigenvalue weighted by Gasteiger charge is -2.32. The van der Waals surface area contributed by atoms with Crippen molar-refractivity contribution in [2.75, 3.05) is 33.1 Å². The molecule has 0 radical (unpaired) electrons. The van der Waals surface area contributed by atoms with E-state index in [9.17, 15) is 18.7 Å². The van der Waals surface area contributed by atoms with Gasteiger partial charge in [-0.1, -0.05) is 6.07 Å². The lowest BCUT2D eigenvalue weighted by atomic mass is 10.0. The third kappa shape index (κ3) is 4.10. The van der Waals surface area contributed by atoms with Gasteiger partial charge in [0.25, 0.3) is 0 Å². The first-order valence-electron chi connectivity index (χ1n) is 10.1. The van der Waals surface area contributed by atoms with E-state index < -0.39 is 35.3 Å². The van der Waals surface area contributed by atoms with Crippen molar-refractivity contribution in [2.24, 2.45) is 7.05 Å². The Balaban J connectivity index is 1.67. The molecule has 0 aliphatic carbocycles. The quantitative estimate of drug-likeness (QED) is 0.541. The Morgan fingerprint density at radius 1 is 1.30 bits per heavy atom. The van der Waals surface area contributed by atoms with Crippen molar-refractivity contribution in [2.45, 2.75) is 12.3 Å². The topological polar surface area (TPSA) is 108 Å². The standard InChI is InChI=1S/C21H24F2N6O4/c1-27-21(31)33-19(26-27)11-8-12(20(32-4)24-10-11)15-9-16(29(3)28(15)2)18(30)25-17-13(22)6-5-7-14(17)23/h5-9,16,18,24-25,30H,10H2,1-4H3. The van der Waals surface area contributed by atoms with Crippen LogP contribution in [0.4, 0.5) is 14.5 Å². The van der Waals surface area contributed by atoms with Gasteiger partial charge in [-0.05, 0) is 24.3 Å². The molecule has 0 spiro atoms. The Hall–Kier alpha value is -3.64. The fourth-order valence-corrected chi connectivity index (χ4v) is 3.72. The first-order chi connectivity index (χ1) is 15.7. The number of dihydropyridines is 1. The number of rotatable bonds is 6. The van der Waals surface area contributed by atoms with Crippen molar-refractivity contribution >= 4 is 11.3 Å². The third-order valence-electron chi connectivity index (χ3n) is 5.61. The number of anilines is 1. The zero-order valence-corrected chi connectivity index (χ0v) is 18.5. The van der Waals surface area contributed by atoms with Gasteiger partial charge in [0.1, 0.15) is 23.5 Å². The summed E-state index contributed by atoms with van der Waals surface area (Å²) in [5, 5.41) is 23.9. The number of aryl methyl sites for hydroxylation is 1. The molecule has 33 heavy (non-hydrogen) atoms. The highest BCUT2D eigenvalue weighted by Crippen LogP contribution is 2.33. The van der Waals surface area contributed by atoms with Gasteiger partial charge >= 0.3 is 5.76 Å². The first-order valence-corrected chi connectivity index (χ1v) is 10.1. The van der Waals surface area contributed by atoms with E-state index in [4.69, 9.17) is 9.15 Å². The van der Waals surface area contributed by atoms with Gasteiger partial charge in [0.15, 0.2) is 5.88 Å². The molecule has 0 amide bonds. The highest BCUT2D eigenvalue weighted by molar-refractivity contribution is 5.68. The highest BCUT2D eigenvalue weighted by Gasteiger charge is 2.35. The molecule has 2 aliphatic rings. The summed E-state index contributed by atoms with van der Waals surface area (Å²) in [6.45, 7) is 0.319. The predicted octanol–water partition coefficient (Wildman–Crippen LogP) is 0.971. The summed E-state index contributed by atoms with van der Waals surface area (Å²) < 4.78 is 39.8. The molecule has 0 saturated heterocycles. The summed E-state index contributed by atoms with van der Waals surface area (Å²) in [5.74, 6) is -1.56. The number of aliphatic hydroxyl groups is 1. The third-order valence-corrected chi connectivity index (χ3v) is 5.61. The van der Waals surface area contributed by atoms with Crippen LogP contribution >= 0.6 is 0 Å². The van der Waals surface area contributed by atoms with Crippen molar-refractivity contribution in [3.05, 3.63) is 75.6 Å². The number of ether oxygens (including phenoxy) is 1. The van der Waals surface area contributed by atoms with Crippen molar-refractivity contribution < 1.29 is 23.0 Å². The number of benzene rings is 1. The molecule has 10 nitrogen and oxygen atoms in total. The number of hydrogen-bond donors (Lipinski definition) is 3. The zero-order chi connectivity index (χ0) is 23.9. The molecule has 0 bridgehead atoms. The van der Waals surface area contributed by atoms with Gasteiger partial charge in [-0.2, -0.15) is 4.68 Å². The summed E-state index contributed by atoms with van der Waals surface area (Å²) in [7, 11) is 6.49. The van der Waals surface area contributed by atoms with Crippen LogP contribution in [0.2, 0.25) is 0 Å². The Labute approximate surface area is 188 Å².